The zero-order valence-electron chi connectivity index (χ0n) is 14.1. The van der Waals surface area contributed by atoms with E-state index in [-0.39, 0.29) is 5.91 Å². The molecule has 132 valence electrons. The summed E-state index contributed by atoms with van der Waals surface area (Å²) in [6, 6.07) is 25.5. The van der Waals surface area contributed by atoms with Crippen molar-refractivity contribution in [2.45, 2.75) is 0 Å². The van der Waals surface area contributed by atoms with Crippen LogP contribution in [-0.2, 0) is 4.79 Å². The van der Waals surface area contributed by atoms with Gasteiger partial charge in [0, 0.05) is 5.02 Å². The normalized spacial score (nSPS) is 15.6. The number of carbonyl (C=O) groups is 1. The highest BCUT2D eigenvalue weighted by Gasteiger charge is 2.33. The minimum atomic E-state index is -0.126. The number of hydrogen-bond acceptors (Lipinski definition) is 3. The SMILES string of the molecule is O=C1/C(=C\c2ccc(-c3ccccc3)cc2)SC(=S)N1c1cccc(Cl)c1. The van der Waals surface area contributed by atoms with E-state index < -0.39 is 0 Å². The molecule has 0 bridgehead atoms. The maximum atomic E-state index is 12.8. The molecule has 4 rings (SSSR count). The molecule has 0 radical (unpaired) electrons. The molecule has 0 spiro atoms. The second kappa shape index (κ2) is 7.69. The minimum absolute atomic E-state index is 0.126. The van der Waals surface area contributed by atoms with Crippen molar-refractivity contribution < 1.29 is 4.79 Å². The highest BCUT2D eigenvalue weighted by atomic mass is 35.5. The van der Waals surface area contributed by atoms with Crippen molar-refractivity contribution in [3.63, 3.8) is 0 Å². The Labute approximate surface area is 172 Å². The molecular weight excluding hydrogens is 394 g/mol. The molecule has 1 amide bonds. The summed E-state index contributed by atoms with van der Waals surface area (Å²) >= 11 is 12.8. The Morgan fingerprint density at radius 2 is 1.59 bits per heavy atom. The number of carbonyl (C=O) groups excluding carboxylic acids is 1. The van der Waals surface area contributed by atoms with Crippen LogP contribution in [0.15, 0.2) is 83.8 Å². The van der Waals surface area contributed by atoms with Crippen LogP contribution >= 0.6 is 35.6 Å². The molecule has 0 unspecified atom stereocenters. The first-order valence-electron chi connectivity index (χ1n) is 8.31. The van der Waals surface area contributed by atoms with Gasteiger partial charge in [-0.25, -0.2) is 0 Å². The third-order valence-corrected chi connectivity index (χ3v) is 5.71. The van der Waals surface area contributed by atoms with Gasteiger partial charge in [-0.3, -0.25) is 9.69 Å². The van der Waals surface area contributed by atoms with Gasteiger partial charge in [0.15, 0.2) is 4.32 Å². The van der Waals surface area contributed by atoms with E-state index in [4.69, 9.17) is 23.8 Å². The van der Waals surface area contributed by atoms with Crippen molar-refractivity contribution in [2.75, 3.05) is 4.90 Å². The summed E-state index contributed by atoms with van der Waals surface area (Å²) in [5.41, 5.74) is 3.95. The fraction of sp³-hybridized carbons (Fsp3) is 0. The van der Waals surface area contributed by atoms with E-state index in [0.29, 0.717) is 19.9 Å². The summed E-state index contributed by atoms with van der Waals surface area (Å²) in [4.78, 5) is 15.0. The minimum Gasteiger partial charge on any atom is -0.268 e. The van der Waals surface area contributed by atoms with Gasteiger partial charge in [0.1, 0.15) is 0 Å². The summed E-state index contributed by atoms with van der Waals surface area (Å²) < 4.78 is 0.509. The van der Waals surface area contributed by atoms with Crippen molar-refractivity contribution in [2.24, 2.45) is 0 Å². The lowest BCUT2D eigenvalue weighted by atomic mass is 10.0. The van der Waals surface area contributed by atoms with Crippen LogP contribution in [0.1, 0.15) is 5.56 Å². The Morgan fingerprint density at radius 3 is 2.30 bits per heavy atom. The Bertz CT molecular complexity index is 1050. The monoisotopic (exact) mass is 407 g/mol. The van der Waals surface area contributed by atoms with Crippen molar-refractivity contribution in [1.29, 1.82) is 0 Å². The average Bonchev–Trinajstić information content (AvgIpc) is 2.96. The van der Waals surface area contributed by atoms with Gasteiger partial charge in [-0.1, -0.05) is 96.2 Å². The first kappa shape index (κ1) is 18.0. The van der Waals surface area contributed by atoms with E-state index >= 15 is 0 Å². The molecule has 3 aromatic rings. The Morgan fingerprint density at radius 1 is 0.889 bits per heavy atom. The number of rotatable bonds is 3. The zero-order chi connectivity index (χ0) is 18.8. The van der Waals surface area contributed by atoms with E-state index in [9.17, 15) is 4.79 Å². The summed E-state index contributed by atoms with van der Waals surface area (Å²) in [7, 11) is 0. The lowest BCUT2D eigenvalue weighted by Crippen LogP contribution is -2.27. The molecule has 1 saturated heterocycles. The topological polar surface area (TPSA) is 20.3 Å². The van der Waals surface area contributed by atoms with E-state index in [1.165, 1.54) is 16.7 Å². The molecular formula is C22H14ClNOS2. The van der Waals surface area contributed by atoms with Gasteiger partial charge in [-0.15, -0.1) is 0 Å². The Hall–Kier alpha value is -2.40. The summed E-state index contributed by atoms with van der Waals surface area (Å²) in [5, 5.41) is 0.571. The quantitative estimate of drug-likeness (QED) is 0.369. The van der Waals surface area contributed by atoms with Crippen molar-refractivity contribution in [3.8, 4) is 11.1 Å². The number of anilines is 1. The number of halogens is 1. The number of nitrogens with zero attached hydrogens (tertiary/aromatic N) is 1. The van der Waals surface area contributed by atoms with E-state index in [2.05, 4.69) is 24.3 Å². The van der Waals surface area contributed by atoms with Crippen molar-refractivity contribution in [3.05, 3.63) is 94.4 Å². The van der Waals surface area contributed by atoms with Gasteiger partial charge < -0.3 is 0 Å². The molecule has 0 saturated carbocycles. The highest BCUT2D eigenvalue weighted by molar-refractivity contribution is 8.27. The van der Waals surface area contributed by atoms with Gasteiger partial charge in [-0.05, 0) is 41.0 Å². The fourth-order valence-corrected chi connectivity index (χ4v) is 4.34. The number of thiocarbonyl (C=S) groups is 1. The summed E-state index contributed by atoms with van der Waals surface area (Å²) in [6.07, 6.45) is 1.87. The van der Waals surface area contributed by atoms with E-state index in [1.807, 2.05) is 48.5 Å². The Balaban J connectivity index is 1.59. The summed E-state index contributed by atoms with van der Waals surface area (Å²) in [6.45, 7) is 0. The number of benzene rings is 3. The van der Waals surface area contributed by atoms with Crippen molar-refractivity contribution in [1.82, 2.24) is 0 Å². The Kier molecular flexibility index (Phi) is 5.12. The van der Waals surface area contributed by atoms with E-state index in [0.717, 1.165) is 16.7 Å². The van der Waals surface area contributed by atoms with Gasteiger partial charge in [0.05, 0.1) is 10.6 Å². The molecule has 0 aliphatic carbocycles. The van der Waals surface area contributed by atoms with Crippen LogP contribution in [0.25, 0.3) is 17.2 Å². The third kappa shape index (κ3) is 3.83. The molecule has 2 nitrogen and oxygen atoms in total. The van der Waals surface area contributed by atoms with Crippen LogP contribution in [0.2, 0.25) is 5.02 Å². The molecule has 1 heterocycles. The predicted octanol–water partition coefficient (Wildman–Crippen LogP) is 6.41. The third-order valence-electron chi connectivity index (χ3n) is 4.18. The predicted molar refractivity (Wildman–Crippen MR) is 119 cm³/mol. The second-order valence-corrected chi connectivity index (χ2v) is 8.10. The number of amides is 1. The van der Waals surface area contributed by atoms with Gasteiger partial charge in [-0.2, -0.15) is 0 Å². The number of thioether (sulfide) groups is 1. The molecule has 0 atom stereocenters. The molecule has 0 aromatic heterocycles. The second-order valence-electron chi connectivity index (χ2n) is 5.99. The van der Waals surface area contributed by atoms with Crippen LogP contribution in [0, 0.1) is 0 Å². The van der Waals surface area contributed by atoms with Crippen LogP contribution < -0.4 is 4.90 Å². The molecule has 27 heavy (non-hydrogen) atoms. The number of hydrogen-bond donors (Lipinski definition) is 0. The first-order chi connectivity index (χ1) is 13.1. The largest absolute Gasteiger partial charge is 0.270 e. The molecule has 1 fully saturated rings. The standard InChI is InChI=1S/C22H14ClNOS2/c23-18-7-4-8-19(14-18)24-21(25)20(27-22(24)26)13-15-9-11-17(12-10-15)16-5-2-1-3-6-16/h1-14H/b20-13+. The smallest absolute Gasteiger partial charge is 0.268 e. The zero-order valence-corrected chi connectivity index (χ0v) is 16.5. The van der Waals surface area contributed by atoms with Crippen molar-refractivity contribution >= 4 is 57.6 Å². The molecule has 1 aliphatic heterocycles. The lowest BCUT2D eigenvalue weighted by Gasteiger charge is -2.14. The maximum Gasteiger partial charge on any atom is 0.270 e. The van der Waals surface area contributed by atoms with Gasteiger partial charge in [0.25, 0.3) is 5.91 Å². The molecule has 3 aromatic carbocycles. The fourth-order valence-electron chi connectivity index (χ4n) is 2.86. The van der Waals surface area contributed by atoms with E-state index in [1.54, 1.807) is 12.1 Å². The van der Waals surface area contributed by atoms with Crippen LogP contribution in [0.5, 0.6) is 0 Å². The molecule has 0 N–H and O–H groups in total. The van der Waals surface area contributed by atoms with Gasteiger partial charge >= 0.3 is 0 Å². The average molecular weight is 408 g/mol. The maximum absolute atomic E-state index is 12.8. The molecule has 1 aliphatic rings. The first-order valence-corrected chi connectivity index (χ1v) is 9.91. The van der Waals surface area contributed by atoms with Gasteiger partial charge in [0.2, 0.25) is 0 Å². The highest BCUT2D eigenvalue weighted by Crippen LogP contribution is 2.36. The van der Waals surface area contributed by atoms with Crippen LogP contribution in [-0.4, -0.2) is 10.2 Å². The summed E-state index contributed by atoms with van der Waals surface area (Å²) in [5.74, 6) is -0.126. The van der Waals surface area contributed by atoms with Crippen LogP contribution in [0.3, 0.4) is 0 Å². The van der Waals surface area contributed by atoms with Crippen LogP contribution in [0.4, 0.5) is 5.69 Å². The molecule has 5 heteroatoms. The lowest BCUT2D eigenvalue weighted by molar-refractivity contribution is -0.113.